The first-order valence-electron chi connectivity index (χ1n) is 9.95. The molecule has 2 rings (SSSR count). The van der Waals surface area contributed by atoms with E-state index in [1.807, 2.05) is 25.7 Å². The number of ether oxygens (including phenoxy) is 1. The fourth-order valence-electron chi connectivity index (χ4n) is 3.28. The van der Waals surface area contributed by atoms with Crippen LogP contribution in [0, 0.1) is 0 Å². The lowest BCUT2D eigenvalue weighted by Crippen LogP contribution is -2.53. The minimum Gasteiger partial charge on any atom is -0.444 e. The molecule has 0 aromatic heterocycles. The molecule has 158 valence electrons. The fourth-order valence-corrected chi connectivity index (χ4v) is 4.58. The lowest BCUT2D eigenvalue weighted by molar-refractivity contribution is 0.0155. The zero-order valence-electron chi connectivity index (χ0n) is 17.2. The van der Waals surface area contributed by atoms with Crippen molar-refractivity contribution >= 4 is 34.0 Å². The standard InChI is InChI=1S/C21H33BrN2O3S/c1-20(2,3)27-19(26)24-13-11-21(12-14-24,10-4-5-15-25)23-28-16-17-6-8-18(22)9-7-17/h6-9,23,25H,4-5,10-16H2,1-3H3. The number of likely N-dealkylation sites (tertiary alicyclic amines) is 1. The number of carbonyl (C=O) groups excluding carboxylic acids is 1. The normalized spacial score (nSPS) is 16.8. The third-order valence-electron chi connectivity index (χ3n) is 4.88. The first-order valence-corrected chi connectivity index (χ1v) is 11.7. The van der Waals surface area contributed by atoms with Crippen LogP contribution in [0.5, 0.6) is 0 Å². The molecule has 0 radical (unpaired) electrons. The van der Waals surface area contributed by atoms with Crippen LogP contribution in [0.25, 0.3) is 0 Å². The molecule has 7 heteroatoms. The van der Waals surface area contributed by atoms with Crippen LogP contribution in [-0.2, 0) is 10.5 Å². The van der Waals surface area contributed by atoms with E-state index in [0.717, 1.165) is 42.3 Å². The van der Waals surface area contributed by atoms with E-state index in [9.17, 15) is 4.79 Å². The van der Waals surface area contributed by atoms with Crippen LogP contribution in [0.15, 0.2) is 28.7 Å². The topological polar surface area (TPSA) is 61.8 Å². The molecule has 1 fully saturated rings. The third kappa shape index (κ3) is 7.93. The molecule has 5 nitrogen and oxygen atoms in total. The van der Waals surface area contributed by atoms with Crippen molar-refractivity contribution in [2.45, 2.75) is 69.8 Å². The smallest absolute Gasteiger partial charge is 0.410 e. The van der Waals surface area contributed by atoms with Gasteiger partial charge in [0.2, 0.25) is 0 Å². The van der Waals surface area contributed by atoms with Gasteiger partial charge in [-0.2, -0.15) is 0 Å². The Kier molecular flexibility index (Phi) is 9.12. The Morgan fingerprint density at radius 2 is 1.89 bits per heavy atom. The molecule has 0 saturated carbocycles. The van der Waals surface area contributed by atoms with Crippen molar-refractivity contribution in [3.63, 3.8) is 0 Å². The van der Waals surface area contributed by atoms with Gasteiger partial charge in [0.25, 0.3) is 0 Å². The number of piperidine rings is 1. The molecule has 1 heterocycles. The van der Waals surface area contributed by atoms with Gasteiger partial charge in [-0.15, -0.1) is 0 Å². The second kappa shape index (κ2) is 10.9. The van der Waals surface area contributed by atoms with Gasteiger partial charge >= 0.3 is 6.09 Å². The summed E-state index contributed by atoms with van der Waals surface area (Å²) in [5.41, 5.74) is 0.802. The summed E-state index contributed by atoms with van der Waals surface area (Å²) in [5.74, 6) is 0.894. The highest BCUT2D eigenvalue weighted by Crippen LogP contribution is 2.31. The highest BCUT2D eigenvalue weighted by molar-refractivity contribution is 9.10. The van der Waals surface area contributed by atoms with E-state index < -0.39 is 5.60 Å². The Hall–Kier alpha value is -0.760. The number of hydrogen-bond donors (Lipinski definition) is 2. The molecule has 1 aromatic carbocycles. The molecule has 28 heavy (non-hydrogen) atoms. The predicted molar refractivity (Wildman–Crippen MR) is 119 cm³/mol. The molecule has 0 aliphatic carbocycles. The summed E-state index contributed by atoms with van der Waals surface area (Å²) in [6.45, 7) is 7.31. The van der Waals surface area contributed by atoms with Crippen LogP contribution in [-0.4, -0.2) is 46.9 Å². The van der Waals surface area contributed by atoms with Gasteiger partial charge in [0.15, 0.2) is 0 Å². The third-order valence-corrected chi connectivity index (χ3v) is 6.46. The molecule has 2 N–H and O–H groups in total. The van der Waals surface area contributed by atoms with E-state index in [-0.39, 0.29) is 18.2 Å². The van der Waals surface area contributed by atoms with Crippen LogP contribution in [0.1, 0.15) is 58.4 Å². The minimum atomic E-state index is -0.467. The maximum Gasteiger partial charge on any atom is 0.410 e. The van der Waals surface area contributed by atoms with Gasteiger partial charge in [-0.25, -0.2) is 4.79 Å². The lowest BCUT2D eigenvalue weighted by Gasteiger charge is -2.42. The van der Waals surface area contributed by atoms with Gasteiger partial charge in [-0.3, -0.25) is 4.72 Å². The Balaban J connectivity index is 1.90. The van der Waals surface area contributed by atoms with Gasteiger partial charge in [0.05, 0.1) is 0 Å². The number of aliphatic hydroxyl groups excluding tert-OH is 1. The second-order valence-electron chi connectivity index (χ2n) is 8.45. The highest BCUT2D eigenvalue weighted by atomic mass is 79.9. The molecule has 0 bridgehead atoms. The number of hydrogen-bond acceptors (Lipinski definition) is 5. The Morgan fingerprint density at radius 1 is 1.25 bits per heavy atom. The monoisotopic (exact) mass is 472 g/mol. The zero-order chi connectivity index (χ0) is 20.6. The van der Waals surface area contributed by atoms with Gasteiger partial charge in [-0.1, -0.05) is 40.0 Å². The van der Waals surface area contributed by atoms with Crippen molar-refractivity contribution in [1.29, 1.82) is 0 Å². The Bertz CT molecular complexity index is 611. The molecule has 0 unspecified atom stereocenters. The summed E-state index contributed by atoms with van der Waals surface area (Å²) in [6, 6.07) is 8.38. The average molecular weight is 473 g/mol. The quantitative estimate of drug-likeness (QED) is 0.406. The number of amides is 1. The SMILES string of the molecule is CC(C)(C)OC(=O)N1CCC(CCCCO)(NSCc2ccc(Br)cc2)CC1. The van der Waals surface area contributed by atoms with E-state index in [1.54, 1.807) is 11.9 Å². The first-order chi connectivity index (χ1) is 13.2. The largest absolute Gasteiger partial charge is 0.444 e. The van der Waals surface area contributed by atoms with Crippen molar-refractivity contribution in [3.8, 4) is 0 Å². The van der Waals surface area contributed by atoms with Crippen molar-refractivity contribution in [3.05, 3.63) is 34.3 Å². The predicted octanol–water partition coefficient (Wildman–Crippen LogP) is 5.12. The molecule has 0 spiro atoms. The lowest BCUT2D eigenvalue weighted by atomic mass is 9.84. The van der Waals surface area contributed by atoms with E-state index in [1.165, 1.54) is 5.56 Å². The summed E-state index contributed by atoms with van der Waals surface area (Å²) >= 11 is 5.20. The first kappa shape index (κ1) is 23.5. The van der Waals surface area contributed by atoms with Crippen molar-refractivity contribution in [2.24, 2.45) is 0 Å². The van der Waals surface area contributed by atoms with Gasteiger partial charge in [0.1, 0.15) is 5.60 Å². The van der Waals surface area contributed by atoms with E-state index in [0.29, 0.717) is 13.1 Å². The van der Waals surface area contributed by atoms with Crippen molar-refractivity contribution < 1.29 is 14.6 Å². The number of halogens is 1. The van der Waals surface area contributed by atoms with Gasteiger partial charge < -0.3 is 14.7 Å². The number of benzene rings is 1. The molecule has 1 aliphatic rings. The number of aliphatic hydroxyl groups is 1. The summed E-state index contributed by atoms with van der Waals surface area (Å²) in [5, 5.41) is 9.15. The number of unbranched alkanes of at least 4 members (excludes halogenated alkanes) is 1. The maximum absolute atomic E-state index is 12.4. The maximum atomic E-state index is 12.4. The number of nitrogens with zero attached hydrogens (tertiary/aromatic N) is 1. The Morgan fingerprint density at radius 3 is 2.46 bits per heavy atom. The second-order valence-corrected chi connectivity index (χ2v) is 10.1. The fraction of sp³-hybridized carbons (Fsp3) is 0.667. The van der Waals surface area contributed by atoms with Gasteiger partial charge in [-0.05, 0) is 70.6 Å². The van der Waals surface area contributed by atoms with Crippen LogP contribution in [0.4, 0.5) is 4.79 Å². The van der Waals surface area contributed by atoms with Crippen LogP contribution in [0.2, 0.25) is 0 Å². The van der Waals surface area contributed by atoms with E-state index >= 15 is 0 Å². The molecule has 1 amide bonds. The summed E-state index contributed by atoms with van der Waals surface area (Å²) in [6.07, 6.45) is 4.36. The van der Waals surface area contributed by atoms with E-state index in [2.05, 4.69) is 44.9 Å². The van der Waals surface area contributed by atoms with Gasteiger partial charge in [0, 0.05) is 35.5 Å². The average Bonchev–Trinajstić information content (AvgIpc) is 2.63. The van der Waals surface area contributed by atoms with E-state index in [4.69, 9.17) is 9.84 Å². The van der Waals surface area contributed by atoms with Crippen LogP contribution in [0.3, 0.4) is 0 Å². The zero-order valence-corrected chi connectivity index (χ0v) is 19.6. The molecule has 1 aromatic rings. The Labute approximate surface area is 181 Å². The molecule has 1 saturated heterocycles. The molecular weight excluding hydrogens is 440 g/mol. The van der Waals surface area contributed by atoms with Crippen LogP contribution < -0.4 is 4.72 Å². The number of carbonyl (C=O) groups is 1. The number of nitrogens with one attached hydrogen (secondary N) is 1. The van der Waals surface area contributed by atoms with Crippen molar-refractivity contribution in [2.75, 3.05) is 19.7 Å². The summed E-state index contributed by atoms with van der Waals surface area (Å²) in [7, 11) is 0. The summed E-state index contributed by atoms with van der Waals surface area (Å²) < 4.78 is 10.3. The number of rotatable bonds is 8. The minimum absolute atomic E-state index is 0.00624. The highest BCUT2D eigenvalue weighted by Gasteiger charge is 2.36. The van der Waals surface area contributed by atoms with Crippen LogP contribution >= 0.6 is 27.9 Å². The molecular formula is C21H33BrN2O3S. The summed E-state index contributed by atoms with van der Waals surface area (Å²) in [4.78, 5) is 14.2. The molecule has 1 aliphatic heterocycles. The molecule has 0 atom stereocenters. The van der Waals surface area contributed by atoms with Crippen molar-refractivity contribution in [1.82, 2.24) is 9.62 Å².